The minimum Gasteiger partial charge on any atom is -0.315 e. The molecule has 0 rings (SSSR count). The Morgan fingerprint density at radius 1 is 1.20 bits per heavy atom. The molecule has 0 aromatic heterocycles. The zero-order valence-electron chi connectivity index (χ0n) is 11.3. The van der Waals surface area contributed by atoms with E-state index >= 15 is 0 Å². The predicted octanol–water partition coefficient (Wildman–Crippen LogP) is 2.74. The Balaban J connectivity index is 3.37. The van der Waals surface area contributed by atoms with Crippen molar-refractivity contribution in [2.45, 2.75) is 53.0 Å². The van der Waals surface area contributed by atoms with Gasteiger partial charge < -0.3 is 10.2 Å². The van der Waals surface area contributed by atoms with E-state index in [2.05, 4.69) is 45.0 Å². The predicted molar refractivity (Wildman–Crippen MR) is 69.3 cm³/mol. The number of rotatable bonds is 9. The third kappa shape index (κ3) is 7.80. The second-order valence-electron chi connectivity index (χ2n) is 4.84. The summed E-state index contributed by atoms with van der Waals surface area (Å²) in [5.74, 6) is 0.823. The van der Waals surface area contributed by atoms with Crippen molar-refractivity contribution in [2.75, 3.05) is 26.7 Å². The fourth-order valence-electron chi connectivity index (χ4n) is 1.73. The normalized spacial score (nSPS) is 15.6. The Labute approximate surface area is 96.4 Å². The van der Waals surface area contributed by atoms with Crippen molar-refractivity contribution in [3.8, 4) is 0 Å². The van der Waals surface area contributed by atoms with E-state index in [0.717, 1.165) is 19.0 Å². The number of likely N-dealkylation sites (N-methyl/N-ethyl adjacent to an activating group) is 1. The molecule has 2 unspecified atom stereocenters. The topological polar surface area (TPSA) is 15.3 Å². The molecule has 2 heteroatoms. The van der Waals surface area contributed by atoms with Crippen LogP contribution in [0.1, 0.15) is 47.0 Å². The lowest BCUT2D eigenvalue weighted by atomic mass is 10.1. The Morgan fingerprint density at radius 2 is 1.87 bits per heavy atom. The second kappa shape index (κ2) is 9.17. The lowest BCUT2D eigenvalue weighted by molar-refractivity contribution is 0.250. The van der Waals surface area contributed by atoms with E-state index in [1.807, 2.05) is 0 Å². The van der Waals surface area contributed by atoms with Crippen molar-refractivity contribution in [3.63, 3.8) is 0 Å². The van der Waals surface area contributed by atoms with Crippen LogP contribution in [0.25, 0.3) is 0 Å². The van der Waals surface area contributed by atoms with Gasteiger partial charge in [-0.25, -0.2) is 0 Å². The first-order valence-corrected chi connectivity index (χ1v) is 6.52. The van der Waals surface area contributed by atoms with Crippen LogP contribution in [0.15, 0.2) is 0 Å². The molecule has 0 aliphatic heterocycles. The Hall–Kier alpha value is -0.0800. The molecule has 0 saturated heterocycles. The first-order chi connectivity index (χ1) is 7.11. The molecule has 2 nitrogen and oxygen atoms in total. The number of hydrogen-bond donors (Lipinski definition) is 1. The lowest BCUT2D eigenvalue weighted by Gasteiger charge is -2.23. The molecule has 0 spiro atoms. The number of nitrogens with zero attached hydrogens (tertiary/aromatic N) is 1. The molecule has 0 fully saturated rings. The van der Waals surface area contributed by atoms with Gasteiger partial charge in [0.25, 0.3) is 0 Å². The summed E-state index contributed by atoms with van der Waals surface area (Å²) < 4.78 is 0. The molecule has 2 atom stereocenters. The van der Waals surface area contributed by atoms with Crippen LogP contribution in [0.5, 0.6) is 0 Å². The third-order valence-corrected chi connectivity index (χ3v) is 3.26. The standard InChI is InChI=1S/C13H30N2/c1-6-8-12(3)11-14-9-10-15(5)13(4)7-2/h12-14H,6-11H2,1-5H3. The summed E-state index contributed by atoms with van der Waals surface area (Å²) in [6.07, 6.45) is 3.88. The van der Waals surface area contributed by atoms with E-state index in [-0.39, 0.29) is 0 Å². The van der Waals surface area contributed by atoms with Crippen LogP contribution < -0.4 is 5.32 Å². The van der Waals surface area contributed by atoms with Gasteiger partial charge >= 0.3 is 0 Å². The van der Waals surface area contributed by atoms with Crippen molar-refractivity contribution in [2.24, 2.45) is 5.92 Å². The van der Waals surface area contributed by atoms with Gasteiger partial charge in [-0.2, -0.15) is 0 Å². The van der Waals surface area contributed by atoms with Crippen molar-refractivity contribution in [1.29, 1.82) is 0 Å². The molecule has 0 aromatic carbocycles. The van der Waals surface area contributed by atoms with Crippen LogP contribution >= 0.6 is 0 Å². The molecule has 0 radical (unpaired) electrons. The van der Waals surface area contributed by atoms with E-state index in [1.54, 1.807) is 0 Å². The molecule has 15 heavy (non-hydrogen) atoms. The van der Waals surface area contributed by atoms with Crippen LogP contribution in [0, 0.1) is 5.92 Å². The first-order valence-electron chi connectivity index (χ1n) is 6.52. The Bertz CT molecular complexity index is 136. The molecular formula is C13H30N2. The van der Waals surface area contributed by atoms with Gasteiger partial charge in [0.05, 0.1) is 0 Å². The van der Waals surface area contributed by atoms with Gasteiger partial charge in [0.15, 0.2) is 0 Å². The van der Waals surface area contributed by atoms with Gasteiger partial charge in [0, 0.05) is 19.1 Å². The molecule has 0 saturated carbocycles. The highest BCUT2D eigenvalue weighted by atomic mass is 15.1. The fraction of sp³-hybridized carbons (Fsp3) is 1.00. The highest BCUT2D eigenvalue weighted by molar-refractivity contribution is 4.63. The van der Waals surface area contributed by atoms with Crippen LogP contribution in [-0.4, -0.2) is 37.6 Å². The maximum atomic E-state index is 3.54. The molecule has 0 bridgehead atoms. The summed E-state index contributed by atoms with van der Waals surface area (Å²) in [7, 11) is 2.21. The monoisotopic (exact) mass is 214 g/mol. The average Bonchev–Trinajstić information content (AvgIpc) is 2.23. The Kier molecular flexibility index (Phi) is 9.12. The molecule has 0 aliphatic carbocycles. The summed E-state index contributed by atoms with van der Waals surface area (Å²) in [5, 5.41) is 3.54. The van der Waals surface area contributed by atoms with Gasteiger partial charge in [-0.1, -0.05) is 27.2 Å². The van der Waals surface area contributed by atoms with Crippen LogP contribution in [-0.2, 0) is 0 Å². The zero-order chi connectivity index (χ0) is 11.7. The molecule has 0 heterocycles. The van der Waals surface area contributed by atoms with Crippen molar-refractivity contribution >= 4 is 0 Å². The Morgan fingerprint density at radius 3 is 2.40 bits per heavy atom. The molecular weight excluding hydrogens is 184 g/mol. The van der Waals surface area contributed by atoms with E-state index in [9.17, 15) is 0 Å². The van der Waals surface area contributed by atoms with Crippen molar-refractivity contribution in [3.05, 3.63) is 0 Å². The summed E-state index contributed by atoms with van der Waals surface area (Å²) >= 11 is 0. The van der Waals surface area contributed by atoms with Crippen LogP contribution in [0.3, 0.4) is 0 Å². The molecule has 0 amide bonds. The van der Waals surface area contributed by atoms with E-state index < -0.39 is 0 Å². The maximum Gasteiger partial charge on any atom is 0.0107 e. The summed E-state index contributed by atoms with van der Waals surface area (Å²) in [6.45, 7) is 12.6. The van der Waals surface area contributed by atoms with E-state index in [0.29, 0.717) is 6.04 Å². The molecule has 1 N–H and O–H groups in total. The van der Waals surface area contributed by atoms with Crippen molar-refractivity contribution in [1.82, 2.24) is 10.2 Å². The highest BCUT2D eigenvalue weighted by Crippen LogP contribution is 2.02. The quantitative estimate of drug-likeness (QED) is 0.594. The summed E-state index contributed by atoms with van der Waals surface area (Å²) in [5.41, 5.74) is 0. The smallest absolute Gasteiger partial charge is 0.0107 e. The largest absolute Gasteiger partial charge is 0.315 e. The van der Waals surface area contributed by atoms with Gasteiger partial charge in [-0.05, 0) is 39.3 Å². The zero-order valence-corrected chi connectivity index (χ0v) is 11.3. The van der Waals surface area contributed by atoms with Crippen LogP contribution in [0.4, 0.5) is 0 Å². The molecule has 0 aromatic rings. The van der Waals surface area contributed by atoms with Gasteiger partial charge in [-0.15, -0.1) is 0 Å². The maximum absolute atomic E-state index is 3.54. The molecule has 92 valence electrons. The SMILES string of the molecule is CCCC(C)CNCCN(C)C(C)CC. The lowest BCUT2D eigenvalue weighted by Crippen LogP contribution is -2.36. The number of hydrogen-bond acceptors (Lipinski definition) is 2. The van der Waals surface area contributed by atoms with Gasteiger partial charge in [-0.3, -0.25) is 0 Å². The van der Waals surface area contributed by atoms with Gasteiger partial charge in [0.1, 0.15) is 0 Å². The first kappa shape index (κ1) is 14.9. The third-order valence-electron chi connectivity index (χ3n) is 3.26. The van der Waals surface area contributed by atoms with E-state index in [1.165, 1.54) is 25.8 Å². The van der Waals surface area contributed by atoms with Crippen molar-refractivity contribution < 1.29 is 0 Å². The second-order valence-corrected chi connectivity index (χ2v) is 4.84. The fourth-order valence-corrected chi connectivity index (χ4v) is 1.73. The molecule has 0 aliphatic rings. The summed E-state index contributed by atoms with van der Waals surface area (Å²) in [6, 6.07) is 0.708. The van der Waals surface area contributed by atoms with Gasteiger partial charge in [0.2, 0.25) is 0 Å². The average molecular weight is 214 g/mol. The van der Waals surface area contributed by atoms with E-state index in [4.69, 9.17) is 0 Å². The van der Waals surface area contributed by atoms with Crippen LogP contribution in [0.2, 0.25) is 0 Å². The minimum absolute atomic E-state index is 0.708. The number of nitrogens with one attached hydrogen (secondary N) is 1. The summed E-state index contributed by atoms with van der Waals surface area (Å²) in [4.78, 5) is 2.43. The highest BCUT2D eigenvalue weighted by Gasteiger charge is 2.05. The minimum atomic E-state index is 0.708.